The Hall–Kier alpha value is -5.06. The van der Waals surface area contributed by atoms with Crippen molar-refractivity contribution in [1.29, 1.82) is 0 Å². The fourth-order valence-electron chi connectivity index (χ4n) is 5.50. The Morgan fingerprint density at radius 2 is 1.76 bits per heavy atom. The molecule has 46 heavy (non-hydrogen) atoms. The van der Waals surface area contributed by atoms with Crippen LogP contribution < -0.4 is 23.8 Å². The molecule has 4 aromatic carbocycles. The Morgan fingerprint density at radius 3 is 2.57 bits per heavy atom. The van der Waals surface area contributed by atoms with E-state index in [1.165, 1.54) is 16.2 Å². The minimum absolute atomic E-state index is 0.0978. The van der Waals surface area contributed by atoms with Crippen LogP contribution >= 0.6 is 22.9 Å². The van der Waals surface area contributed by atoms with Crippen molar-refractivity contribution >= 4 is 55.7 Å². The molecule has 5 aromatic rings. The van der Waals surface area contributed by atoms with Crippen LogP contribution in [0, 0.1) is 0 Å². The Kier molecular flexibility index (Phi) is 7.98. The molecule has 3 heterocycles. The van der Waals surface area contributed by atoms with E-state index in [0.717, 1.165) is 10.3 Å². The molecule has 1 atom stereocenters. The van der Waals surface area contributed by atoms with E-state index in [0.29, 0.717) is 71.1 Å². The van der Waals surface area contributed by atoms with Crippen molar-refractivity contribution in [3.05, 3.63) is 112 Å². The normalized spacial score (nSPS) is 17.0. The van der Waals surface area contributed by atoms with Gasteiger partial charge in [-0.2, -0.15) is 0 Å². The third kappa shape index (κ3) is 5.50. The SMILES string of the molecule is CCOc1cc([C@@H]2C(=C(O)c3ccc4c(c3)OCCO4)C(=O)C(=O)N2c2nc3ccc(Cl)cc3s2)ccc1OCc1ccccc1. The molecule has 9 nitrogen and oxygen atoms in total. The summed E-state index contributed by atoms with van der Waals surface area (Å²) in [5, 5.41) is 12.5. The van der Waals surface area contributed by atoms with Crippen molar-refractivity contribution in [3.63, 3.8) is 0 Å². The maximum Gasteiger partial charge on any atom is 0.301 e. The van der Waals surface area contributed by atoms with Crippen molar-refractivity contribution in [3.8, 4) is 23.0 Å². The molecule has 0 bridgehead atoms. The number of anilines is 1. The number of hydrogen-bond donors (Lipinski definition) is 1. The van der Waals surface area contributed by atoms with Gasteiger partial charge in [0.1, 0.15) is 25.6 Å². The van der Waals surface area contributed by atoms with E-state index in [9.17, 15) is 14.7 Å². The number of hydrogen-bond acceptors (Lipinski definition) is 9. The highest BCUT2D eigenvalue weighted by Crippen LogP contribution is 2.46. The van der Waals surface area contributed by atoms with Crippen molar-refractivity contribution in [2.75, 3.05) is 24.7 Å². The predicted octanol–water partition coefficient (Wildman–Crippen LogP) is 7.32. The number of aliphatic hydroxyl groups excluding tert-OH is 1. The summed E-state index contributed by atoms with van der Waals surface area (Å²) in [6.07, 6.45) is 0. The molecule has 1 aromatic heterocycles. The zero-order valence-corrected chi connectivity index (χ0v) is 26.1. The van der Waals surface area contributed by atoms with Gasteiger partial charge in [-0.25, -0.2) is 4.98 Å². The second kappa shape index (κ2) is 12.4. The summed E-state index contributed by atoms with van der Waals surface area (Å²) in [5.41, 5.74) is 2.33. The summed E-state index contributed by atoms with van der Waals surface area (Å²) >= 11 is 7.46. The number of fused-ring (bicyclic) bond motifs is 2. The Balaban J connectivity index is 1.36. The van der Waals surface area contributed by atoms with Crippen LogP contribution in [0.5, 0.6) is 23.0 Å². The lowest BCUT2D eigenvalue weighted by atomic mass is 9.95. The number of Topliss-reactive ketones (excluding diaryl/α,β-unsaturated/α-hetero) is 1. The number of aromatic nitrogens is 1. The van der Waals surface area contributed by atoms with Crippen LogP contribution in [0.1, 0.15) is 29.7 Å². The number of benzene rings is 4. The van der Waals surface area contributed by atoms with Crippen LogP contribution in [0.4, 0.5) is 5.13 Å². The Bertz CT molecular complexity index is 2010. The number of carbonyl (C=O) groups excluding carboxylic acids is 2. The molecule has 1 saturated heterocycles. The third-order valence-electron chi connectivity index (χ3n) is 7.63. The molecule has 1 N–H and O–H groups in total. The quantitative estimate of drug-likeness (QED) is 0.105. The smallest absolute Gasteiger partial charge is 0.301 e. The van der Waals surface area contributed by atoms with E-state index in [1.54, 1.807) is 54.6 Å². The zero-order chi connectivity index (χ0) is 31.8. The van der Waals surface area contributed by atoms with Gasteiger partial charge in [0, 0.05) is 10.6 Å². The lowest BCUT2D eigenvalue weighted by Crippen LogP contribution is -2.29. The van der Waals surface area contributed by atoms with E-state index >= 15 is 0 Å². The number of ether oxygens (including phenoxy) is 4. The van der Waals surface area contributed by atoms with Crippen LogP contribution in [0.3, 0.4) is 0 Å². The second-order valence-corrected chi connectivity index (χ2v) is 12.0. The first-order chi connectivity index (χ1) is 22.4. The Morgan fingerprint density at radius 1 is 0.957 bits per heavy atom. The van der Waals surface area contributed by atoms with Crippen LogP contribution in [0.25, 0.3) is 16.0 Å². The van der Waals surface area contributed by atoms with E-state index in [-0.39, 0.29) is 16.5 Å². The molecular formula is C35H27ClN2O7S. The molecule has 1 fully saturated rings. The third-order valence-corrected chi connectivity index (χ3v) is 8.88. The van der Waals surface area contributed by atoms with Crippen molar-refractivity contribution in [2.24, 2.45) is 0 Å². The van der Waals surface area contributed by atoms with E-state index in [2.05, 4.69) is 4.98 Å². The maximum absolute atomic E-state index is 13.8. The second-order valence-electron chi connectivity index (χ2n) is 10.5. The lowest BCUT2D eigenvalue weighted by molar-refractivity contribution is -0.132. The molecule has 0 radical (unpaired) electrons. The summed E-state index contributed by atoms with van der Waals surface area (Å²) in [5.74, 6) is -0.143. The van der Waals surface area contributed by atoms with Crippen LogP contribution in [-0.2, 0) is 16.2 Å². The first-order valence-corrected chi connectivity index (χ1v) is 15.8. The van der Waals surface area contributed by atoms with E-state index in [1.807, 2.05) is 37.3 Å². The van der Waals surface area contributed by atoms with Gasteiger partial charge in [-0.15, -0.1) is 0 Å². The van der Waals surface area contributed by atoms with Crippen LogP contribution in [0.15, 0.2) is 90.5 Å². The molecule has 2 aliphatic heterocycles. The first-order valence-electron chi connectivity index (χ1n) is 14.6. The fourth-order valence-corrected chi connectivity index (χ4v) is 6.77. The highest BCUT2D eigenvalue weighted by atomic mass is 35.5. The Labute approximate surface area is 273 Å². The monoisotopic (exact) mass is 654 g/mol. The van der Waals surface area contributed by atoms with Crippen molar-refractivity contribution in [2.45, 2.75) is 19.6 Å². The number of thiazole rings is 1. The lowest BCUT2D eigenvalue weighted by Gasteiger charge is -2.24. The highest BCUT2D eigenvalue weighted by molar-refractivity contribution is 7.22. The average molecular weight is 655 g/mol. The van der Waals surface area contributed by atoms with Crippen molar-refractivity contribution in [1.82, 2.24) is 4.98 Å². The minimum Gasteiger partial charge on any atom is -0.507 e. The number of ketones is 1. The largest absolute Gasteiger partial charge is 0.507 e. The highest BCUT2D eigenvalue weighted by Gasteiger charge is 2.48. The number of nitrogens with zero attached hydrogens (tertiary/aromatic N) is 2. The van der Waals surface area contributed by atoms with Gasteiger partial charge in [-0.1, -0.05) is 59.3 Å². The van der Waals surface area contributed by atoms with Gasteiger partial charge in [-0.3, -0.25) is 14.5 Å². The number of carbonyl (C=O) groups is 2. The molecule has 2 aliphatic rings. The zero-order valence-electron chi connectivity index (χ0n) is 24.6. The standard InChI is InChI=1S/C35H27ClN2O7S/c1-2-42-27-16-21(8-12-26(27)45-19-20-6-4-3-5-7-20)31-30(32(39)22-9-13-25-28(17-22)44-15-14-43-25)33(40)34(41)38(31)35-37-24-11-10-23(36)18-29(24)46-35/h3-13,16-18,31,39H,2,14-15,19H2,1H3/t31-/m1/s1. The summed E-state index contributed by atoms with van der Waals surface area (Å²) < 4.78 is 24.2. The summed E-state index contributed by atoms with van der Waals surface area (Å²) in [4.78, 5) is 33.6. The molecule has 0 spiro atoms. The molecule has 232 valence electrons. The average Bonchev–Trinajstić information content (AvgIpc) is 3.61. The maximum atomic E-state index is 13.8. The first kappa shape index (κ1) is 29.6. The van der Waals surface area contributed by atoms with E-state index < -0.39 is 17.7 Å². The summed E-state index contributed by atoms with van der Waals surface area (Å²) in [6.45, 7) is 3.28. The van der Waals surface area contributed by atoms with Crippen LogP contribution in [0.2, 0.25) is 5.02 Å². The number of halogens is 1. The molecule has 0 saturated carbocycles. The van der Waals surface area contributed by atoms with Gasteiger partial charge < -0.3 is 24.1 Å². The van der Waals surface area contributed by atoms with E-state index in [4.69, 9.17) is 30.5 Å². The van der Waals surface area contributed by atoms with Gasteiger partial charge in [-0.05, 0) is 66.6 Å². The molecule has 7 rings (SSSR count). The van der Waals surface area contributed by atoms with Crippen molar-refractivity contribution < 1.29 is 33.6 Å². The van der Waals surface area contributed by atoms with Gasteiger partial charge in [0.15, 0.2) is 28.1 Å². The molecular weight excluding hydrogens is 628 g/mol. The summed E-state index contributed by atoms with van der Waals surface area (Å²) in [7, 11) is 0. The molecule has 11 heteroatoms. The van der Waals surface area contributed by atoms with Gasteiger partial charge in [0.25, 0.3) is 5.78 Å². The topological polar surface area (TPSA) is 107 Å². The fraction of sp³-hybridized carbons (Fsp3) is 0.171. The van der Waals surface area contributed by atoms with Gasteiger partial charge in [0.05, 0.1) is 28.4 Å². The number of amides is 1. The van der Waals surface area contributed by atoms with Gasteiger partial charge >= 0.3 is 5.91 Å². The number of rotatable bonds is 8. The summed E-state index contributed by atoms with van der Waals surface area (Å²) in [6, 6.07) is 24.0. The molecule has 0 aliphatic carbocycles. The molecule has 1 amide bonds. The van der Waals surface area contributed by atoms with Gasteiger partial charge in [0.2, 0.25) is 0 Å². The minimum atomic E-state index is -1.04. The molecule has 0 unspecified atom stereocenters. The predicted molar refractivity (Wildman–Crippen MR) is 175 cm³/mol. The number of aliphatic hydroxyl groups is 1. The van der Waals surface area contributed by atoms with Crippen LogP contribution in [-0.4, -0.2) is 41.6 Å².